The first-order valence-electron chi connectivity index (χ1n) is 5.82. The zero-order valence-electron chi connectivity index (χ0n) is 9.68. The van der Waals surface area contributed by atoms with Gasteiger partial charge in [0, 0.05) is 34.4 Å². The van der Waals surface area contributed by atoms with Crippen LogP contribution in [-0.4, -0.2) is 20.1 Å². The minimum absolute atomic E-state index is 0.531. The molecule has 0 radical (unpaired) electrons. The molecule has 1 saturated carbocycles. The van der Waals surface area contributed by atoms with Crippen LogP contribution in [0.5, 0.6) is 0 Å². The molecule has 1 aromatic heterocycles. The third-order valence-electron chi connectivity index (χ3n) is 3.39. The van der Waals surface area contributed by atoms with Gasteiger partial charge < -0.3 is 10.6 Å². The third-order valence-corrected chi connectivity index (χ3v) is 5.08. The molecule has 2 rings (SSSR count). The molecule has 1 aromatic rings. The molecule has 1 heterocycles. The number of halogens is 1. The second kappa shape index (κ2) is 5.63. The Balaban J connectivity index is 1.74. The van der Waals surface area contributed by atoms with E-state index in [1.807, 2.05) is 11.3 Å². The Bertz CT molecular complexity index is 334. The molecular formula is C12H19BrN2S. The topological polar surface area (TPSA) is 24.1 Å². The van der Waals surface area contributed by atoms with Crippen molar-refractivity contribution in [2.75, 3.05) is 20.1 Å². The van der Waals surface area contributed by atoms with E-state index < -0.39 is 0 Å². The first kappa shape index (κ1) is 12.6. The molecule has 0 bridgehead atoms. The predicted molar refractivity (Wildman–Crippen MR) is 73.9 cm³/mol. The van der Waals surface area contributed by atoms with Crippen molar-refractivity contribution < 1.29 is 0 Å². The molecular weight excluding hydrogens is 284 g/mol. The van der Waals surface area contributed by atoms with E-state index in [1.165, 1.54) is 28.6 Å². The van der Waals surface area contributed by atoms with E-state index in [9.17, 15) is 0 Å². The number of rotatable bonds is 6. The molecule has 1 aliphatic rings. The molecule has 2 N–H and O–H groups in total. The Morgan fingerprint density at radius 3 is 2.75 bits per heavy atom. The number of hydrogen-bond donors (Lipinski definition) is 2. The van der Waals surface area contributed by atoms with Crippen molar-refractivity contribution in [3.8, 4) is 0 Å². The summed E-state index contributed by atoms with van der Waals surface area (Å²) in [5.41, 5.74) is 0.531. The lowest BCUT2D eigenvalue weighted by atomic mass is 9.68. The number of thiophene rings is 1. The minimum Gasteiger partial charge on any atom is -0.319 e. The van der Waals surface area contributed by atoms with E-state index in [-0.39, 0.29) is 0 Å². The summed E-state index contributed by atoms with van der Waals surface area (Å²) in [5, 5.41) is 9.05. The second-order valence-corrected chi connectivity index (χ2v) is 6.63. The Hall–Kier alpha value is 0.1000. The highest BCUT2D eigenvalue weighted by atomic mass is 79.9. The van der Waals surface area contributed by atoms with Gasteiger partial charge in [-0.15, -0.1) is 11.3 Å². The average Bonchev–Trinajstić information content (AvgIpc) is 2.60. The Morgan fingerprint density at radius 1 is 1.44 bits per heavy atom. The van der Waals surface area contributed by atoms with Crippen LogP contribution in [-0.2, 0) is 6.54 Å². The first-order valence-corrected chi connectivity index (χ1v) is 7.50. The Labute approximate surface area is 110 Å². The minimum atomic E-state index is 0.531. The fourth-order valence-corrected chi connectivity index (χ4v) is 3.79. The van der Waals surface area contributed by atoms with Crippen molar-refractivity contribution >= 4 is 27.3 Å². The highest BCUT2D eigenvalue weighted by molar-refractivity contribution is 9.10. The summed E-state index contributed by atoms with van der Waals surface area (Å²) in [5.74, 6) is 0. The lowest BCUT2D eigenvalue weighted by Crippen LogP contribution is -2.46. The molecule has 1 aliphatic carbocycles. The maximum atomic E-state index is 3.59. The van der Waals surface area contributed by atoms with Crippen molar-refractivity contribution in [1.29, 1.82) is 0 Å². The van der Waals surface area contributed by atoms with Gasteiger partial charge >= 0.3 is 0 Å². The van der Waals surface area contributed by atoms with Crippen molar-refractivity contribution in [3.05, 3.63) is 20.8 Å². The summed E-state index contributed by atoms with van der Waals surface area (Å²) in [4.78, 5) is 1.41. The van der Waals surface area contributed by atoms with Crippen LogP contribution in [0.4, 0.5) is 0 Å². The van der Waals surface area contributed by atoms with E-state index in [0.29, 0.717) is 5.41 Å². The highest BCUT2D eigenvalue weighted by Crippen LogP contribution is 2.39. The molecule has 4 heteroatoms. The normalized spacial score (nSPS) is 18.4. The molecule has 0 saturated heterocycles. The van der Waals surface area contributed by atoms with Crippen LogP contribution in [0.25, 0.3) is 0 Å². The molecule has 16 heavy (non-hydrogen) atoms. The fourth-order valence-electron chi connectivity index (χ4n) is 2.37. The largest absolute Gasteiger partial charge is 0.319 e. The van der Waals surface area contributed by atoms with Crippen molar-refractivity contribution in [1.82, 2.24) is 10.6 Å². The van der Waals surface area contributed by atoms with Gasteiger partial charge in [0.2, 0.25) is 0 Å². The van der Waals surface area contributed by atoms with Crippen LogP contribution in [0.1, 0.15) is 24.1 Å². The van der Waals surface area contributed by atoms with E-state index >= 15 is 0 Å². The smallest absolute Gasteiger partial charge is 0.0300 e. The van der Waals surface area contributed by atoms with Crippen LogP contribution in [0, 0.1) is 5.41 Å². The monoisotopic (exact) mass is 302 g/mol. The molecule has 0 amide bonds. The van der Waals surface area contributed by atoms with Gasteiger partial charge in [0.15, 0.2) is 0 Å². The van der Waals surface area contributed by atoms with E-state index in [4.69, 9.17) is 0 Å². The SMILES string of the molecule is CNCC1(CNCc2cc(Br)cs2)CCC1. The van der Waals surface area contributed by atoms with Gasteiger partial charge in [-0.1, -0.05) is 6.42 Å². The lowest BCUT2D eigenvalue weighted by Gasteiger charge is -2.42. The van der Waals surface area contributed by atoms with Crippen LogP contribution < -0.4 is 10.6 Å². The molecule has 1 fully saturated rings. The van der Waals surface area contributed by atoms with Crippen LogP contribution in [0.3, 0.4) is 0 Å². The van der Waals surface area contributed by atoms with E-state index in [2.05, 4.69) is 45.1 Å². The average molecular weight is 303 g/mol. The highest BCUT2D eigenvalue weighted by Gasteiger charge is 2.35. The van der Waals surface area contributed by atoms with E-state index in [0.717, 1.165) is 19.6 Å². The maximum absolute atomic E-state index is 3.59. The molecule has 0 unspecified atom stereocenters. The van der Waals surface area contributed by atoms with Gasteiger partial charge in [0.25, 0.3) is 0 Å². The zero-order chi connectivity index (χ0) is 11.4. The van der Waals surface area contributed by atoms with Gasteiger partial charge in [-0.05, 0) is 47.3 Å². The van der Waals surface area contributed by atoms with Gasteiger partial charge in [-0.25, -0.2) is 0 Å². The zero-order valence-corrected chi connectivity index (χ0v) is 12.1. The van der Waals surface area contributed by atoms with Crippen LogP contribution >= 0.6 is 27.3 Å². The molecule has 2 nitrogen and oxygen atoms in total. The summed E-state index contributed by atoms with van der Waals surface area (Å²) >= 11 is 5.30. The summed E-state index contributed by atoms with van der Waals surface area (Å²) in [6.45, 7) is 3.29. The summed E-state index contributed by atoms with van der Waals surface area (Å²) in [7, 11) is 2.05. The van der Waals surface area contributed by atoms with Gasteiger partial charge in [0.05, 0.1) is 0 Å². The molecule has 0 aliphatic heterocycles. The number of nitrogens with one attached hydrogen (secondary N) is 2. The van der Waals surface area contributed by atoms with E-state index in [1.54, 1.807) is 0 Å². The predicted octanol–water partition coefficient (Wildman–Crippen LogP) is 2.99. The quantitative estimate of drug-likeness (QED) is 0.844. The van der Waals surface area contributed by atoms with Gasteiger partial charge in [-0.3, -0.25) is 0 Å². The fraction of sp³-hybridized carbons (Fsp3) is 0.667. The first-order chi connectivity index (χ1) is 7.74. The molecule has 0 aromatic carbocycles. The number of hydrogen-bond acceptors (Lipinski definition) is 3. The summed E-state index contributed by atoms with van der Waals surface area (Å²) < 4.78 is 1.20. The molecule has 0 atom stereocenters. The Morgan fingerprint density at radius 2 is 2.25 bits per heavy atom. The van der Waals surface area contributed by atoms with Crippen molar-refractivity contribution in [2.24, 2.45) is 5.41 Å². The van der Waals surface area contributed by atoms with Gasteiger partial charge in [0.1, 0.15) is 0 Å². The third kappa shape index (κ3) is 3.06. The summed E-state index contributed by atoms with van der Waals surface area (Å²) in [6, 6.07) is 2.20. The molecule has 90 valence electrons. The standard InChI is InChI=1S/C12H19BrN2S/c1-14-8-12(3-2-4-12)9-15-6-11-5-10(13)7-16-11/h5,7,14-15H,2-4,6,8-9H2,1H3. The van der Waals surface area contributed by atoms with Gasteiger partial charge in [-0.2, -0.15) is 0 Å². The van der Waals surface area contributed by atoms with Crippen molar-refractivity contribution in [2.45, 2.75) is 25.8 Å². The summed E-state index contributed by atoms with van der Waals surface area (Å²) in [6.07, 6.45) is 4.14. The van der Waals surface area contributed by atoms with Crippen LogP contribution in [0.2, 0.25) is 0 Å². The Kier molecular flexibility index (Phi) is 4.41. The second-order valence-electron chi connectivity index (χ2n) is 4.72. The lowest BCUT2D eigenvalue weighted by molar-refractivity contribution is 0.130. The maximum Gasteiger partial charge on any atom is 0.0300 e. The van der Waals surface area contributed by atoms with Crippen LogP contribution in [0.15, 0.2) is 15.9 Å². The molecule has 0 spiro atoms. The van der Waals surface area contributed by atoms with Crippen molar-refractivity contribution in [3.63, 3.8) is 0 Å².